The number of morpholine rings is 1. The Morgan fingerprint density at radius 3 is 2.60 bits per heavy atom. The number of aldehydes is 1. The molecule has 4 nitrogen and oxygen atoms in total. The predicted octanol–water partition coefficient (Wildman–Crippen LogP) is 2.20. The van der Waals surface area contributed by atoms with Crippen LogP contribution in [0.5, 0.6) is 0 Å². The van der Waals surface area contributed by atoms with Crippen molar-refractivity contribution in [2.75, 3.05) is 26.3 Å². The van der Waals surface area contributed by atoms with E-state index in [1.165, 1.54) is 0 Å². The maximum Gasteiger partial charge on any atom is 0.150 e. The summed E-state index contributed by atoms with van der Waals surface area (Å²) in [6, 6.07) is 0. The molecule has 0 spiro atoms. The summed E-state index contributed by atoms with van der Waals surface area (Å²) in [7, 11) is 0. The van der Waals surface area contributed by atoms with Crippen molar-refractivity contribution in [3.8, 4) is 0 Å². The van der Waals surface area contributed by atoms with Gasteiger partial charge in [0.05, 0.1) is 24.6 Å². The first-order chi connectivity index (χ1) is 9.60. The van der Waals surface area contributed by atoms with Crippen LogP contribution >= 0.6 is 0 Å². The van der Waals surface area contributed by atoms with Gasteiger partial charge in [-0.1, -0.05) is 19.7 Å². The first-order valence-corrected chi connectivity index (χ1v) is 6.61. The van der Waals surface area contributed by atoms with Crippen molar-refractivity contribution >= 4 is 6.29 Å². The van der Waals surface area contributed by atoms with Crippen molar-refractivity contribution < 1.29 is 9.53 Å². The highest BCUT2D eigenvalue weighted by Gasteiger charge is 2.25. The first kappa shape index (κ1) is 14.3. The first-order valence-electron chi connectivity index (χ1n) is 6.61. The molecule has 0 bridgehead atoms. The molecule has 20 heavy (non-hydrogen) atoms. The van der Waals surface area contributed by atoms with E-state index in [9.17, 15) is 4.79 Å². The third kappa shape index (κ3) is 2.47. The molecule has 2 rings (SSSR count). The molecule has 2 aliphatic rings. The van der Waals surface area contributed by atoms with Gasteiger partial charge in [0.1, 0.15) is 6.29 Å². The van der Waals surface area contributed by atoms with Crippen LogP contribution in [0.4, 0.5) is 0 Å². The van der Waals surface area contributed by atoms with Crippen LogP contribution in [0.15, 0.2) is 60.3 Å². The largest absolute Gasteiger partial charge is 0.378 e. The van der Waals surface area contributed by atoms with Crippen molar-refractivity contribution in [2.45, 2.75) is 6.92 Å². The smallest absolute Gasteiger partial charge is 0.150 e. The molecule has 0 radical (unpaired) electrons. The summed E-state index contributed by atoms with van der Waals surface area (Å²) in [5.74, 6) is 0. The molecule has 0 aliphatic carbocycles. The second-order valence-corrected chi connectivity index (χ2v) is 4.78. The van der Waals surface area contributed by atoms with Gasteiger partial charge in [-0.3, -0.25) is 4.79 Å². The molecular weight excluding hydrogens is 252 g/mol. The Labute approximate surface area is 120 Å². The van der Waals surface area contributed by atoms with Gasteiger partial charge in [-0.05, 0) is 18.6 Å². The number of rotatable bonds is 4. The van der Waals surface area contributed by atoms with Gasteiger partial charge < -0.3 is 14.5 Å². The lowest BCUT2D eigenvalue weighted by molar-refractivity contribution is -0.104. The number of carbonyl (C=O) groups is 1. The van der Waals surface area contributed by atoms with Crippen LogP contribution < -0.4 is 0 Å². The Bertz CT molecular complexity index is 523. The predicted molar refractivity (Wildman–Crippen MR) is 79.6 cm³/mol. The zero-order valence-electron chi connectivity index (χ0n) is 11.9. The molecule has 2 heterocycles. The van der Waals surface area contributed by atoms with E-state index in [1.807, 2.05) is 11.8 Å². The van der Waals surface area contributed by atoms with E-state index in [4.69, 9.17) is 4.74 Å². The van der Waals surface area contributed by atoms with Gasteiger partial charge in [-0.2, -0.15) is 0 Å². The zero-order chi connectivity index (χ0) is 14.7. The molecule has 0 aromatic heterocycles. The summed E-state index contributed by atoms with van der Waals surface area (Å²) in [6.45, 7) is 16.9. The Balaban J connectivity index is 2.40. The van der Waals surface area contributed by atoms with Crippen LogP contribution in [0, 0.1) is 0 Å². The number of hydrogen-bond donors (Lipinski definition) is 0. The van der Waals surface area contributed by atoms with Crippen molar-refractivity contribution in [1.29, 1.82) is 0 Å². The van der Waals surface area contributed by atoms with Crippen molar-refractivity contribution in [2.24, 2.45) is 0 Å². The van der Waals surface area contributed by atoms with Crippen LogP contribution in [0.25, 0.3) is 0 Å². The quantitative estimate of drug-likeness (QED) is 0.735. The maximum absolute atomic E-state index is 11.2. The van der Waals surface area contributed by atoms with Gasteiger partial charge in [0, 0.05) is 30.6 Å². The van der Waals surface area contributed by atoms with E-state index in [0.29, 0.717) is 18.8 Å². The normalized spacial score (nSPS) is 19.9. The minimum absolute atomic E-state index is 0.637. The van der Waals surface area contributed by atoms with Gasteiger partial charge in [0.25, 0.3) is 0 Å². The summed E-state index contributed by atoms with van der Waals surface area (Å²) < 4.78 is 5.36. The van der Waals surface area contributed by atoms with E-state index in [1.54, 1.807) is 12.3 Å². The molecule has 0 N–H and O–H groups in total. The standard InChI is InChI=1S/C16H20N2O2/c1-5-18-12(2)10-15(11-19)13(3)16(18)14(4)17-6-8-20-9-7-17/h5,10-11H,1-2,4,6-9H2,3H3. The van der Waals surface area contributed by atoms with Crippen LogP contribution in [-0.4, -0.2) is 42.4 Å². The lowest BCUT2D eigenvalue weighted by Crippen LogP contribution is -2.38. The van der Waals surface area contributed by atoms with Crippen LogP contribution in [0.3, 0.4) is 0 Å². The highest BCUT2D eigenvalue weighted by molar-refractivity contribution is 5.83. The number of ether oxygens (including phenoxy) is 1. The molecular formula is C16H20N2O2. The number of carbonyl (C=O) groups excluding carboxylic acids is 1. The number of hydrogen-bond acceptors (Lipinski definition) is 4. The Morgan fingerprint density at radius 2 is 2.05 bits per heavy atom. The van der Waals surface area contributed by atoms with E-state index < -0.39 is 0 Å². The van der Waals surface area contributed by atoms with Crippen LogP contribution in [0.1, 0.15) is 6.92 Å². The van der Waals surface area contributed by atoms with E-state index in [2.05, 4.69) is 24.6 Å². The molecule has 0 amide bonds. The molecule has 0 atom stereocenters. The molecule has 2 aliphatic heterocycles. The Hall–Kier alpha value is -2.07. The van der Waals surface area contributed by atoms with Crippen molar-refractivity contribution in [3.05, 3.63) is 60.3 Å². The summed E-state index contributed by atoms with van der Waals surface area (Å²) in [5.41, 5.74) is 4.01. The molecule has 0 aromatic rings. The average molecular weight is 272 g/mol. The molecule has 1 saturated heterocycles. The Kier molecular flexibility index (Phi) is 4.25. The lowest BCUT2D eigenvalue weighted by Gasteiger charge is -2.37. The summed E-state index contributed by atoms with van der Waals surface area (Å²) in [4.78, 5) is 15.2. The van der Waals surface area contributed by atoms with E-state index >= 15 is 0 Å². The van der Waals surface area contributed by atoms with Crippen molar-refractivity contribution in [1.82, 2.24) is 9.80 Å². The highest BCUT2D eigenvalue weighted by atomic mass is 16.5. The van der Waals surface area contributed by atoms with Crippen LogP contribution in [-0.2, 0) is 9.53 Å². The minimum atomic E-state index is 0.637. The fourth-order valence-corrected chi connectivity index (χ4v) is 2.49. The van der Waals surface area contributed by atoms with Gasteiger partial charge >= 0.3 is 0 Å². The lowest BCUT2D eigenvalue weighted by atomic mass is 9.98. The second-order valence-electron chi connectivity index (χ2n) is 4.78. The summed E-state index contributed by atoms with van der Waals surface area (Å²) >= 11 is 0. The molecule has 4 heteroatoms. The third-order valence-corrected chi connectivity index (χ3v) is 3.64. The molecule has 106 valence electrons. The van der Waals surface area contributed by atoms with E-state index in [0.717, 1.165) is 42.0 Å². The summed E-state index contributed by atoms with van der Waals surface area (Å²) in [5, 5.41) is 0. The van der Waals surface area contributed by atoms with Crippen LogP contribution in [0.2, 0.25) is 0 Å². The average Bonchev–Trinajstić information content (AvgIpc) is 2.48. The fraction of sp³-hybridized carbons (Fsp3) is 0.312. The van der Waals surface area contributed by atoms with E-state index in [-0.39, 0.29) is 0 Å². The molecule has 0 aromatic carbocycles. The van der Waals surface area contributed by atoms with Gasteiger partial charge in [-0.15, -0.1) is 0 Å². The highest BCUT2D eigenvalue weighted by Crippen LogP contribution is 2.33. The van der Waals surface area contributed by atoms with Gasteiger partial charge in [-0.25, -0.2) is 0 Å². The SMILES string of the molecule is C=CN1C(=C)C=C(C=O)C(C)=C1C(=C)N1CCOCC1. The maximum atomic E-state index is 11.2. The Morgan fingerprint density at radius 1 is 1.40 bits per heavy atom. The molecule has 1 fully saturated rings. The summed E-state index contributed by atoms with van der Waals surface area (Å²) in [6.07, 6.45) is 4.32. The second kappa shape index (κ2) is 5.92. The molecule has 0 saturated carbocycles. The topological polar surface area (TPSA) is 32.8 Å². The number of allylic oxidation sites excluding steroid dienone is 3. The zero-order valence-corrected chi connectivity index (χ0v) is 11.9. The van der Waals surface area contributed by atoms with Gasteiger partial charge in [0.2, 0.25) is 0 Å². The molecule has 0 unspecified atom stereocenters. The monoisotopic (exact) mass is 272 g/mol. The fourth-order valence-electron chi connectivity index (χ4n) is 2.49. The minimum Gasteiger partial charge on any atom is -0.378 e. The van der Waals surface area contributed by atoms with Gasteiger partial charge in [0.15, 0.2) is 0 Å². The third-order valence-electron chi connectivity index (χ3n) is 3.64. The number of nitrogens with zero attached hydrogens (tertiary/aromatic N) is 2. The van der Waals surface area contributed by atoms with Crippen molar-refractivity contribution in [3.63, 3.8) is 0 Å².